The van der Waals surface area contributed by atoms with E-state index in [1.165, 1.54) is 13.2 Å². The summed E-state index contributed by atoms with van der Waals surface area (Å²) in [5, 5.41) is 23.2. The van der Waals surface area contributed by atoms with Gasteiger partial charge < -0.3 is 24.3 Å². The largest absolute Gasteiger partial charge is 0.669 e. The van der Waals surface area contributed by atoms with Gasteiger partial charge in [-0.25, -0.2) is 4.79 Å². The number of nitrogens with zero attached hydrogens (tertiary/aromatic N) is 3. The normalized spacial score (nSPS) is 18.5. The van der Waals surface area contributed by atoms with Gasteiger partial charge in [0, 0.05) is 11.5 Å². The Hall–Kier alpha value is -2.46. The van der Waals surface area contributed by atoms with Crippen LogP contribution in [0, 0.1) is 0 Å². The number of benzene rings is 1. The van der Waals surface area contributed by atoms with E-state index in [0.29, 0.717) is 5.56 Å². The Morgan fingerprint density at radius 1 is 1.64 bits per heavy atom. The number of hydrogen-bond acceptors (Lipinski definition) is 8. The molecule has 1 atom stereocenters. The quantitative estimate of drug-likeness (QED) is 0.239. The molecule has 1 aromatic carbocycles. The first kappa shape index (κ1) is 15.9. The Labute approximate surface area is 125 Å². The van der Waals surface area contributed by atoms with Crippen molar-refractivity contribution in [1.82, 2.24) is 0 Å². The highest BCUT2D eigenvalue weighted by atomic mass is 16.7. The molecule has 1 heterocycles. The van der Waals surface area contributed by atoms with Crippen molar-refractivity contribution in [2.24, 2.45) is 11.0 Å². The molecule has 0 aliphatic carbocycles. The highest BCUT2D eigenvalue weighted by Gasteiger charge is 2.38. The minimum absolute atomic E-state index is 0.0269. The number of rotatable bonds is 4. The molecule has 1 unspecified atom stereocenters. The molecule has 0 amide bonds. The second-order valence-electron chi connectivity index (χ2n) is 4.79. The van der Waals surface area contributed by atoms with E-state index in [1.807, 2.05) is 0 Å². The van der Waals surface area contributed by atoms with Crippen LogP contribution in [0.25, 0.3) is 10.4 Å². The number of ether oxygens (including phenoxy) is 1. The Balaban J connectivity index is 2.62. The molecule has 1 aliphatic rings. The van der Waals surface area contributed by atoms with Crippen LogP contribution in [0.1, 0.15) is 21.8 Å². The number of methoxy groups -OCH3 is 1. The summed E-state index contributed by atoms with van der Waals surface area (Å²) in [6, 6.07) is 3.08. The second kappa shape index (κ2) is 6.12. The van der Waals surface area contributed by atoms with Crippen LogP contribution in [-0.4, -0.2) is 36.4 Å². The standard InChI is InChI=1S/C11H14BN4O6/c1-20-8-3-2-7-6(5-15-16-13)4-12(18,19)21-10(7)9(8)11(17)22-14/h2-3,6,18-19H,4-5,14H2,1H3/q-1. The third-order valence-corrected chi connectivity index (χ3v) is 3.38. The fraction of sp³-hybridized carbons (Fsp3) is 0.364. The van der Waals surface area contributed by atoms with Gasteiger partial charge in [-0.3, -0.25) is 0 Å². The van der Waals surface area contributed by atoms with Crippen LogP contribution >= 0.6 is 0 Å². The van der Waals surface area contributed by atoms with Gasteiger partial charge in [-0.15, -0.1) is 0 Å². The van der Waals surface area contributed by atoms with Crippen LogP contribution in [0.5, 0.6) is 11.5 Å². The first-order chi connectivity index (χ1) is 10.4. The maximum absolute atomic E-state index is 11.9. The number of hydrogen-bond donors (Lipinski definition) is 3. The molecule has 4 N–H and O–H groups in total. The van der Waals surface area contributed by atoms with E-state index < -0.39 is 18.6 Å². The lowest BCUT2D eigenvalue weighted by molar-refractivity contribution is 0.0495. The average molecular weight is 309 g/mol. The number of fused-ring (bicyclic) bond motifs is 1. The molecule has 2 rings (SSSR count). The zero-order valence-electron chi connectivity index (χ0n) is 11.7. The molecule has 118 valence electrons. The fourth-order valence-electron chi connectivity index (χ4n) is 2.49. The summed E-state index contributed by atoms with van der Waals surface area (Å²) in [6.45, 7) is -3.25. The van der Waals surface area contributed by atoms with E-state index in [9.17, 15) is 14.8 Å². The van der Waals surface area contributed by atoms with E-state index in [4.69, 9.17) is 20.8 Å². The molecule has 11 heteroatoms. The zero-order chi connectivity index (χ0) is 16.3. The highest BCUT2D eigenvalue weighted by molar-refractivity contribution is 6.59. The Kier molecular flexibility index (Phi) is 4.43. The summed E-state index contributed by atoms with van der Waals surface area (Å²) in [4.78, 5) is 18.7. The Morgan fingerprint density at radius 3 is 2.95 bits per heavy atom. The predicted molar refractivity (Wildman–Crippen MR) is 75.0 cm³/mol. The first-order valence-electron chi connectivity index (χ1n) is 6.35. The van der Waals surface area contributed by atoms with E-state index >= 15 is 0 Å². The van der Waals surface area contributed by atoms with Crippen LogP contribution in [0.4, 0.5) is 0 Å². The van der Waals surface area contributed by atoms with E-state index in [0.717, 1.165) is 0 Å². The topological polar surface area (TPSA) is 160 Å². The van der Waals surface area contributed by atoms with Gasteiger partial charge in [-0.05, 0) is 23.1 Å². The van der Waals surface area contributed by atoms with E-state index in [-0.39, 0.29) is 29.9 Å². The zero-order valence-corrected chi connectivity index (χ0v) is 11.7. The Morgan fingerprint density at radius 2 is 2.36 bits per heavy atom. The lowest BCUT2D eigenvalue weighted by Crippen LogP contribution is -2.47. The van der Waals surface area contributed by atoms with Crippen LogP contribution < -0.4 is 15.3 Å². The fourth-order valence-corrected chi connectivity index (χ4v) is 2.49. The van der Waals surface area contributed by atoms with E-state index in [2.05, 4.69) is 14.9 Å². The summed E-state index contributed by atoms with van der Waals surface area (Å²) >= 11 is 0. The number of nitrogens with two attached hydrogens (primary N) is 1. The van der Waals surface area contributed by atoms with Crippen molar-refractivity contribution in [3.63, 3.8) is 0 Å². The van der Waals surface area contributed by atoms with Crippen molar-refractivity contribution in [2.45, 2.75) is 12.2 Å². The third-order valence-electron chi connectivity index (χ3n) is 3.38. The maximum Gasteiger partial charge on any atom is 0.431 e. The molecule has 22 heavy (non-hydrogen) atoms. The number of carbonyl (C=O) groups is 1. The minimum atomic E-state index is -3.22. The molecule has 0 fully saturated rings. The molecule has 0 aromatic heterocycles. The van der Waals surface area contributed by atoms with Gasteiger partial charge >= 0.3 is 12.7 Å². The summed E-state index contributed by atoms with van der Waals surface area (Å²) < 4.78 is 10.2. The molecule has 1 aromatic rings. The van der Waals surface area contributed by atoms with Crippen LogP contribution in [0.15, 0.2) is 17.2 Å². The smallest absolute Gasteiger partial charge is 0.431 e. The lowest BCUT2D eigenvalue weighted by Gasteiger charge is -2.41. The second-order valence-corrected chi connectivity index (χ2v) is 4.79. The predicted octanol–water partition coefficient (Wildman–Crippen LogP) is 0.435. The van der Waals surface area contributed by atoms with E-state index in [1.54, 1.807) is 6.07 Å². The van der Waals surface area contributed by atoms with Crippen molar-refractivity contribution >= 4 is 12.7 Å². The summed E-state index contributed by atoms with van der Waals surface area (Å²) in [5.74, 6) is 3.40. The maximum atomic E-state index is 11.9. The summed E-state index contributed by atoms with van der Waals surface area (Å²) in [6.07, 6.45) is -0.171. The summed E-state index contributed by atoms with van der Waals surface area (Å²) in [7, 11) is 1.32. The third kappa shape index (κ3) is 2.92. The number of carbonyl (C=O) groups excluding carboxylic acids is 1. The molecular formula is C11H14BN4O6-. The van der Waals surface area contributed by atoms with Gasteiger partial charge in [-0.1, -0.05) is 17.5 Å². The van der Waals surface area contributed by atoms with Gasteiger partial charge in [0.1, 0.15) is 11.3 Å². The van der Waals surface area contributed by atoms with Crippen molar-refractivity contribution in [3.05, 3.63) is 33.7 Å². The minimum Gasteiger partial charge on any atom is -0.669 e. The monoisotopic (exact) mass is 309 g/mol. The summed E-state index contributed by atoms with van der Waals surface area (Å²) in [5.41, 5.74) is 8.74. The molecule has 1 aliphatic heterocycles. The SMILES string of the molecule is COc1ccc2c(c1C(=O)ON)O[B-](O)(O)CC2CN=[N+]=[N-]. The average Bonchev–Trinajstić information content (AvgIpc) is 2.49. The van der Waals surface area contributed by atoms with Crippen LogP contribution in [0.2, 0.25) is 6.32 Å². The van der Waals surface area contributed by atoms with Crippen LogP contribution in [0.3, 0.4) is 0 Å². The van der Waals surface area contributed by atoms with Gasteiger partial charge in [0.15, 0.2) is 0 Å². The van der Waals surface area contributed by atoms with Crippen molar-refractivity contribution in [2.75, 3.05) is 13.7 Å². The molecule has 10 nitrogen and oxygen atoms in total. The van der Waals surface area contributed by atoms with Crippen molar-refractivity contribution in [3.8, 4) is 11.5 Å². The van der Waals surface area contributed by atoms with Crippen LogP contribution in [-0.2, 0) is 4.84 Å². The van der Waals surface area contributed by atoms with Crippen molar-refractivity contribution < 1.29 is 29.1 Å². The molecule has 0 saturated carbocycles. The molecule has 0 bridgehead atoms. The van der Waals surface area contributed by atoms with Gasteiger partial charge in [0.05, 0.1) is 12.9 Å². The van der Waals surface area contributed by atoms with Crippen molar-refractivity contribution in [1.29, 1.82) is 0 Å². The number of azide groups is 1. The highest BCUT2D eigenvalue weighted by Crippen LogP contribution is 2.43. The molecule has 0 spiro atoms. The van der Waals surface area contributed by atoms with Gasteiger partial charge in [0.25, 0.3) is 0 Å². The van der Waals surface area contributed by atoms with Gasteiger partial charge in [-0.2, -0.15) is 5.90 Å². The van der Waals surface area contributed by atoms with Gasteiger partial charge in [0.2, 0.25) is 0 Å². The molecular weight excluding hydrogens is 295 g/mol. The molecule has 0 radical (unpaired) electrons. The Bertz CT molecular complexity index is 646. The first-order valence-corrected chi connectivity index (χ1v) is 6.35. The molecule has 0 saturated heterocycles. The lowest BCUT2D eigenvalue weighted by atomic mass is 9.65.